The number of likely N-dealkylation sites (tertiary alicyclic amines) is 1. The number of aromatic nitrogens is 1. The molecule has 6 rings (SSSR count). The number of hydrogen-bond acceptors (Lipinski definition) is 5. The number of amides is 1. The maximum absolute atomic E-state index is 14.7. The molecule has 1 aliphatic heterocycles. The number of halogens is 2. The highest BCUT2D eigenvalue weighted by Gasteiger charge is 2.30. The zero-order valence-corrected chi connectivity index (χ0v) is 25.1. The molecule has 8 heteroatoms. The molecule has 5 aromatic rings. The van der Waals surface area contributed by atoms with Crippen LogP contribution in [0.25, 0.3) is 22.6 Å². The Bertz CT molecular complexity index is 2000. The lowest BCUT2D eigenvalue weighted by Crippen LogP contribution is -2.35. The van der Waals surface area contributed by atoms with E-state index >= 15 is 0 Å². The van der Waals surface area contributed by atoms with Crippen molar-refractivity contribution in [1.82, 2.24) is 9.88 Å². The van der Waals surface area contributed by atoms with Gasteiger partial charge in [0.25, 0.3) is 5.91 Å². The number of nitriles is 1. The topological polar surface area (TPSA) is 96.1 Å². The molecule has 0 saturated carbocycles. The average Bonchev–Trinajstić information content (AvgIpc) is 3.75. The van der Waals surface area contributed by atoms with Gasteiger partial charge in [0.15, 0.2) is 0 Å². The van der Waals surface area contributed by atoms with E-state index in [2.05, 4.69) is 16.8 Å². The molecule has 4 aromatic carbocycles. The van der Waals surface area contributed by atoms with E-state index in [-0.39, 0.29) is 29.2 Å². The average molecular weight is 613 g/mol. The molecular formula is C38H30F2N4O2. The number of carbonyl (C=O) groups excluding carboxylic acids is 1. The highest BCUT2D eigenvalue weighted by molar-refractivity contribution is 5.97. The fourth-order valence-electron chi connectivity index (χ4n) is 5.71. The second kappa shape index (κ2) is 12.8. The van der Waals surface area contributed by atoms with Crippen LogP contribution in [0.3, 0.4) is 0 Å². The van der Waals surface area contributed by atoms with Gasteiger partial charge >= 0.3 is 0 Å². The van der Waals surface area contributed by atoms with Crippen LogP contribution in [0, 0.1) is 34.8 Å². The van der Waals surface area contributed by atoms with Gasteiger partial charge in [-0.15, -0.1) is 0 Å². The third kappa shape index (κ3) is 6.44. The molecule has 0 spiro atoms. The molecule has 1 amide bonds. The Balaban J connectivity index is 1.38. The first-order chi connectivity index (χ1) is 22.2. The van der Waals surface area contributed by atoms with E-state index in [0.29, 0.717) is 53.0 Å². The van der Waals surface area contributed by atoms with Gasteiger partial charge < -0.3 is 15.1 Å². The van der Waals surface area contributed by atoms with Gasteiger partial charge in [0.05, 0.1) is 23.3 Å². The Hall–Kier alpha value is -5.57. The van der Waals surface area contributed by atoms with Crippen molar-refractivity contribution in [1.29, 1.82) is 5.26 Å². The number of rotatable bonds is 6. The molecule has 2 N–H and O–H groups in total. The van der Waals surface area contributed by atoms with E-state index in [4.69, 9.17) is 10.2 Å². The molecule has 0 aliphatic carbocycles. The summed E-state index contributed by atoms with van der Waals surface area (Å²) >= 11 is 0. The Kier molecular flexibility index (Phi) is 8.48. The van der Waals surface area contributed by atoms with E-state index in [1.807, 2.05) is 43.3 Å². The van der Waals surface area contributed by atoms with Crippen molar-refractivity contribution in [3.63, 3.8) is 0 Å². The largest absolute Gasteiger partial charge is 0.439 e. The smallest absolute Gasteiger partial charge is 0.254 e. The lowest BCUT2D eigenvalue weighted by molar-refractivity contribution is 0.0766. The van der Waals surface area contributed by atoms with Crippen LogP contribution in [-0.2, 0) is 12.0 Å². The van der Waals surface area contributed by atoms with E-state index in [1.165, 1.54) is 24.3 Å². The second-order valence-electron chi connectivity index (χ2n) is 11.6. The fourth-order valence-corrected chi connectivity index (χ4v) is 5.71. The van der Waals surface area contributed by atoms with Crippen LogP contribution in [0.2, 0.25) is 0 Å². The van der Waals surface area contributed by atoms with Crippen LogP contribution >= 0.6 is 0 Å². The van der Waals surface area contributed by atoms with Crippen LogP contribution in [0.15, 0.2) is 102 Å². The highest BCUT2D eigenvalue weighted by atomic mass is 19.1. The minimum Gasteiger partial charge on any atom is -0.439 e. The van der Waals surface area contributed by atoms with Crippen molar-refractivity contribution in [2.45, 2.75) is 37.8 Å². The van der Waals surface area contributed by atoms with Gasteiger partial charge in [-0.1, -0.05) is 54.3 Å². The summed E-state index contributed by atoms with van der Waals surface area (Å²) in [4.78, 5) is 20.3. The van der Waals surface area contributed by atoms with Crippen molar-refractivity contribution >= 4 is 5.91 Å². The third-order valence-electron chi connectivity index (χ3n) is 8.09. The molecule has 46 heavy (non-hydrogen) atoms. The van der Waals surface area contributed by atoms with Crippen molar-refractivity contribution < 1.29 is 18.0 Å². The molecule has 6 nitrogen and oxygen atoms in total. The van der Waals surface area contributed by atoms with Crippen LogP contribution < -0.4 is 5.73 Å². The van der Waals surface area contributed by atoms with Gasteiger partial charge in [0.2, 0.25) is 5.89 Å². The standard InChI is InChI=1S/C38H30F2N4O2/c1-38(42,22-26-7-3-2-4-8-26)35-24-43-36(46-35)28-19-27(32-10-5-11-34(40)33(32)23-41)20-29(21-28)37(45)44-18-6-9-31(44)17-14-25-12-15-30(39)16-13-25/h2-5,7-8,10-13,15-16,19-21,24,31H,6,9,18,22,42H2,1H3/t31-,38-/m1/s1. The van der Waals surface area contributed by atoms with Gasteiger partial charge in [0, 0.05) is 28.8 Å². The number of carbonyl (C=O) groups is 1. The molecule has 1 fully saturated rings. The number of oxazole rings is 1. The first-order valence-electron chi connectivity index (χ1n) is 14.9. The lowest BCUT2D eigenvalue weighted by atomic mass is 9.92. The summed E-state index contributed by atoms with van der Waals surface area (Å²) in [5, 5.41) is 9.77. The van der Waals surface area contributed by atoms with Crippen molar-refractivity contribution in [3.8, 4) is 40.5 Å². The van der Waals surface area contributed by atoms with E-state index < -0.39 is 11.4 Å². The van der Waals surface area contributed by atoms with E-state index in [1.54, 1.807) is 47.5 Å². The summed E-state index contributed by atoms with van der Waals surface area (Å²) in [6.45, 7) is 2.36. The second-order valence-corrected chi connectivity index (χ2v) is 11.6. The number of hydrogen-bond donors (Lipinski definition) is 1. The highest BCUT2D eigenvalue weighted by Crippen LogP contribution is 2.34. The van der Waals surface area contributed by atoms with Gasteiger partial charge in [-0.3, -0.25) is 4.79 Å². The molecule has 1 aromatic heterocycles. The van der Waals surface area contributed by atoms with Crippen LogP contribution in [0.4, 0.5) is 8.78 Å². The molecule has 2 heterocycles. The predicted molar refractivity (Wildman–Crippen MR) is 171 cm³/mol. The van der Waals surface area contributed by atoms with Crippen molar-refractivity contribution in [2.24, 2.45) is 5.73 Å². The summed E-state index contributed by atoms with van der Waals surface area (Å²) in [6.07, 6.45) is 3.55. The van der Waals surface area contributed by atoms with Crippen LogP contribution in [-0.4, -0.2) is 28.4 Å². The molecule has 1 saturated heterocycles. The number of nitrogens with zero attached hydrogens (tertiary/aromatic N) is 3. The van der Waals surface area contributed by atoms with Gasteiger partial charge in [-0.25, -0.2) is 13.8 Å². The third-order valence-corrected chi connectivity index (χ3v) is 8.09. The predicted octanol–water partition coefficient (Wildman–Crippen LogP) is 7.23. The quantitative estimate of drug-likeness (QED) is 0.204. The Morgan fingerprint density at radius 3 is 2.57 bits per heavy atom. The summed E-state index contributed by atoms with van der Waals surface area (Å²) in [7, 11) is 0. The molecule has 0 bridgehead atoms. The molecular weight excluding hydrogens is 582 g/mol. The SMILES string of the molecule is C[C@@](N)(Cc1ccccc1)c1cnc(-c2cc(C(=O)N3CCC[C@@H]3C#Cc3ccc(F)cc3)cc(-c3cccc(F)c3C#N)c2)o1. The molecule has 0 radical (unpaired) electrons. The monoisotopic (exact) mass is 612 g/mol. The van der Waals surface area contributed by atoms with Crippen LogP contribution in [0.1, 0.15) is 52.6 Å². The summed E-state index contributed by atoms with van der Waals surface area (Å²) in [5.41, 5.74) is 8.97. The summed E-state index contributed by atoms with van der Waals surface area (Å²) < 4.78 is 34.3. The first kappa shape index (κ1) is 30.5. The summed E-state index contributed by atoms with van der Waals surface area (Å²) in [6, 6.07) is 26.7. The zero-order chi connectivity index (χ0) is 32.3. The minimum atomic E-state index is -0.870. The molecule has 1 aliphatic rings. The van der Waals surface area contributed by atoms with Crippen molar-refractivity contribution in [2.75, 3.05) is 6.54 Å². The van der Waals surface area contributed by atoms with E-state index in [9.17, 15) is 18.8 Å². The molecule has 2 atom stereocenters. The van der Waals surface area contributed by atoms with Crippen molar-refractivity contribution in [3.05, 3.63) is 137 Å². The number of nitrogens with two attached hydrogens (primary N) is 1. The Morgan fingerprint density at radius 1 is 1.04 bits per heavy atom. The normalized spacial score (nSPS) is 15.5. The van der Waals surface area contributed by atoms with Gasteiger partial charge in [0.1, 0.15) is 23.5 Å². The summed E-state index contributed by atoms with van der Waals surface area (Å²) in [5.74, 6) is 5.65. The zero-order valence-electron chi connectivity index (χ0n) is 25.1. The lowest BCUT2D eigenvalue weighted by Gasteiger charge is -2.22. The van der Waals surface area contributed by atoms with Crippen LogP contribution in [0.5, 0.6) is 0 Å². The maximum atomic E-state index is 14.7. The van der Waals surface area contributed by atoms with Gasteiger partial charge in [-0.2, -0.15) is 5.26 Å². The Labute approximate surface area is 266 Å². The maximum Gasteiger partial charge on any atom is 0.254 e. The first-order valence-corrected chi connectivity index (χ1v) is 14.9. The minimum absolute atomic E-state index is 0.132. The van der Waals surface area contributed by atoms with E-state index in [0.717, 1.165) is 12.0 Å². The molecule has 0 unspecified atom stereocenters. The van der Waals surface area contributed by atoms with Gasteiger partial charge in [-0.05, 0) is 85.8 Å². The fraction of sp³-hybridized carbons (Fsp3) is 0.184. The Morgan fingerprint density at radius 2 is 1.80 bits per heavy atom. The molecule has 228 valence electrons. The number of benzene rings is 4.